The molecule has 5 heteroatoms. The van der Waals surface area contributed by atoms with Crippen LogP contribution in [0.15, 0.2) is 12.7 Å². The molecule has 1 aliphatic rings. The SMILES string of the molecule is C=C[C@]1(N[S@](=O)C(C)(C)C)CCC[C@@H](O[Si](C)(C)C(C)(C)C)[C@@H]1CCCC. The Morgan fingerprint density at radius 2 is 1.85 bits per heavy atom. The summed E-state index contributed by atoms with van der Waals surface area (Å²) in [4.78, 5) is 0. The second-order valence-corrected chi connectivity index (χ2v) is 17.5. The van der Waals surface area contributed by atoms with Crippen LogP contribution in [0, 0.1) is 5.92 Å². The van der Waals surface area contributed by atoms with Gasteiger partial charge in [-0.3, -0.25) is 0 Å². The fourth-order valence-electron chi connectivity index (χ4n) is 3.63. The normalized spacial score (nSPS) is 28.8. The van der Waals surface area contributed by atoms with Crippen molar-refractivity contribution >= 4 is 19.3 Å². The summed E-state index contributed by atoms with van der Waals surface area (Å²) in [6.45, 7) is 24.1. The first-order chi connectivity index (χ1) is 12.2. The van der Waals surface area contributed by atoms with Crippen LogP contribution in [0.2, 0.25) is 18.1 Å². The maximum absolute atomic E-state index is 13.0. The highest BCUT2D eigenvalue weighted by Gasteiger charge is 2.49. The van der Waals surface area contributed by atoms with Gasteiger partial charge in [-0.1, -0.05) is 46.6 Å². The number of hydrogen-bond donors (Lipinski definition) is 1. The smallest absolute Gasteiger partial charge is 0.192 e. The predicted octanol–water partition coefficient (Wildman–Crippen LogP) is 6.34. The van der Waals surface area contributed by atoms with Crippen molar-refractivity contribution in [3.05, 3.63) is 12.7 Å². The van der Waals surface area contributed by atoms with Crippen LogP contribution in [0.5, 0.6) is 0 Å². The molecule has 1 saturated carbocycles. The predicted molar refractivity (Wildman–Crippen MR) is 123 cm³/mol. The molecule has 1 N–H and O–H groups in total. The molecule has 1 aliphatic carbocycles. The van der Waals surface area contributed by atoms with Crippen LogP contribution in [0.3, 0.4) is 0 Å². The van der Waals surface area contributed by atoms with Gasteiger partial charge >= 0.3 is 0 Å². The Balaban J connectivity index is 3.21. The zero-order valence-corrected chi connectivity index (χ0v) is 21.2. The standard InChI is InChI=1S/C22H45NO2SSi/c1-11-13-15-18-19(25-27(9,10)21(6,7)8)16-14-17-22(18,12-2)23-26(24)20(3,4)5/h12,18-19,23H,2,11,13-17H2,1,3-10H3/t18-,19+,22-,26+/m0/s1. The Morgan fingerprint density at radius 1 is 1.26 bits per heavy atom. The summed E-state index contributed by atoms with van der Waals surface area (Å²) in [5.41, 5.74) is -0.307. The molecule has 1 rings (SSSR count). The molecule has 0 heterocycles. The van der Waals surface area contributed by atoms with Gasteiger partial charge in [0.1, 0.15) is 0 Å². The summed E-state index contributed by atoms with van der Waals surface area (Å²) in [5, 5.41) is 0.193. The lowest BCUT2D eigenvalue weighted by molar-refractivity contribution is 0.0316. The van der Waals surface area contributed by atoms with E-state index in [1.807, 2.05) is 26.8 Å². The number of unbranched alkanes of at least 4 members (excludes halogenated alkanes) is 1. The van der Waals surface area contributed by atoms with E-state index in [0.29, 0.717) is 5.92 Å². The van der Waals surface area contributed by atoms with Crippen molar-refractivity contribution < 1.29 is 8.63 Å². The van der Waals surface area contributed by atoms with Crippen LogP contribution in [0.25, 0.3) is 0 Å². The topological polar surface area (TPSA) is 38.3 Å². The van der Waals surface area contributed by atoms with Crippen molar-refractivity contribution in [3.63, 3.8) is 0 Å². The van der Waals surface area contributed by atoms with Gasteiger partial charge in [0.25, 0.3) is 0 Å². The minimum absolute atomic E-state index is 0.193. The van der Waals surface area contributed by atoms with E-state index in [1.165, 1.54) is 12.8 Å². The molecule has 0 bridgehead atoms. The first-order valence-electron chi connectivity index (χ1n) is 10.7. The van der Waals surface area contributed by atoms with Crippen LogP contribution >= 0.6 is 0 Å². The molecule has 0 amide bonds. The van der Waals surface area contributed by atoms with Gasteiger partial charge in [-0.25, -0.2) is 8.93 Å². The van der Waals surface area contributed by atoms with Crippen molar-refractivity contribution in [1.82, 2.24) is 4.72 Å². The van der Waals surface area contributed by atoms with Crippen molar-refractivity contribution in [2.45, 2.75) is 122 Å². The van der Waals surface area contributed by atoms with Crippen LogP contribution in [-0.2, 0) is 15.4 Å². The molecule has 0 saturated heterocycles. The summed E-state index contributed by atoms with van der Waals surface area (Å²) in [6, 6.07) is 0. The number of hydrogen-bond acceptors (Lipinski definition) is 2. The first-order valence-corrected chi connectivity index (χ1v) is 14.8. The average Bonchev–Trinajstić information content (AvgIpc) is 2.51. The molecule has 4 atom stereocenters. The third-order valence-corrected chi connectivity index (χ3v) is 12.7. The summed E-state index contributed by atoms with van der Waals surface area (Å²) in [7, 11) is -2.98. The lowest BCUT2D eigenvalue weighted by Crippen LogP contribution is -2.60. The molecule has 27 heavy (non-hydrogen) atoms. The van der Waals surface area contributed by atoms with Crippen molar-refractivity contribution in [3.8, 4) is 0 Å². The van der Waals surface area contributed by atoms with E-state index in [1.54, 1.807) is 0 Å². The fourth-order valence-corrected chi connectivity index (χ4v) is 6.01. The highest BCUT2D eigenvalue weighted by molar-refractivity contribution is 7.84. The van der Waals surface area contributed by atoms with E-state index in [9.17, 15) is 4.21 Å². The molecular weight excluding hydrogens is 370 g/mol. The molecule has 0 aromatic heterocycles. The van der Waals surface area contributed by atoms with E-state index in [0.717, 1.165) is 25.7 Å². The second kappa shape index (κ2) is 9.23. The van der Waals surface area contributed by atoms with Crippen LogP contribution in [0.4, 0.5) is 0 Å². The van der Waals surface area contributed by atoms with Gasteiger partial charge in [-0.05, 0) is 64.6 Å². The van der Waals surface area contributed by atoms with Gasteiger partial charge in [0.05, 0.1) is 21.3 Å². The molecule has 3 nitrogen and oxygen atoms in total. The highest BCUT2D eigenvalue weighted by Crippen LogP contribution is 2.45. The third-order valence-electron chi connectivity index (χ3n) is 6.51. The van der Waals surface area contributed by atoms with Gasteiger partial charge in [-0.15, -0.1) is 6.58 Å². The number of rotatable bonds is 8. The minimum Gasteiger partial charge on any atom is -0.414 e. The minimum atomic E-state index is -1.86. The molecular formula is C22H45NO2SSi. The molecule has 0 aliphatic heterocycles. The summed E-state index contributed by atoms with van der Waals surface area (Å²) in [6.07, 6.45) is 8.86. The van der Waals surface area contributed by atoms with E-state index in [4.69, 9.17) is 4.43 Å². The molecule has 0 unspecified atom stereocenters. The molecule has 0 aromatic rings. The lowest BCUT2D eigenvalue weighted by atomic mass is 9.69. The Kier molecular flexibility index (Phi) is 8.57. The van der Waals surface area contributed by atoms with Gasteiger partial charge < -0.3 is 4.43 Å². The van der Waals surface area contributed by atoms with E-state index < -0.39 is 19.3 Å². The van der Waals surface area contributed by atoms with Gasteiger partial charge in [0.2, 0.25) is 0 Å². The zero-order chi connectivity index (χ0) is 21.1. The maximum Gasteiger partial charge on any atom is 0.192 e. The molecule has 160 valence electrons. The van der Waals surface area contributed by atoms with Gasteiger partial charge in [0, 0.05) is 12.0 Å². The highest BCUT2D eigenvalue weighted by atomic mass is 32.2. The molecule has 0 aromatic carbocycles. The zero-order valence-electron chi connectivity index (χ0n) is 19.4. The van der Waals surface area contributed by atoms with Crippen LogP contribution in [-0.4, -0.2) is 28.9 Å². The molecule has 1 fully saturated rings. The van der Waals surface area contributed by atoms with Crippen molar-refractivity contribution in [1.29, 1.82) is 0 Å². The molecule has 0 spiro atoms. The fraction of sp³-hybridized carbons (Fsp3) is 0.909. The van der Waals surface area contributed by atoms with Crippen molar-refractivity contribution in [2.24, 2.45) is 5.92 Å². The Morgan fingerprint density at radius 3 is 2.30 bits per heavy atom. The summed E-state index contributed by atoms with van der Waals surface area (Å²) in [5.74, 6) is 0.323. The van der Waals surface area contributed by atoms with E-state index >= 15 is 0 Å². The van der Waals surface area contributed by atoms with E-state index in [2.05, 4.69) is 52.1 Å². The Labute approximate surface area is 172 Å². The average molecular weight is 416 g/mol. The van der Waals surface area contributed by atoms with Crippen molar-refractivity contribution in [2.75, 3.05) is 0 Å². The Hall–Kier alpha value is 0.0269. The third kappa shape index (κ3) is 6.25. The van der Waals surface area contributed by atoms with Crippen LogP contribution < -0.4 is 4.72 Å². The first kappa shape index (κ1) is 25.1. The lowest BCUT2D eigenvalue weighted by Gasteiger charge is -2.50. The second-order valence-electron chi connectivity index (χ2n) is 10.8. The molecule has 0 radical (unpaired) electrons. The summed E-state index contributed by atoms with van der Waals surface area (Å²) < 4.78 is 23.1. The maximum atomic E-state index is 13.0. The van der Waals surface area contributed by atoms with E-state index in [-0.39, 0.29) is 21.4 Å². The van der Waals surface area contributed by atoms with Gasteiger partial charge in [0.15, 0.2) is 8.32 Å². The Bertz CT molecular complexity index is 521. The monoisotopic (exact) mass is 415 g/mol. The van der Waals surface area contributed by atoms with Crippen LogP contribution in [0.1, 0.15) is 87.0 Å². The quantitative estimate of drug-likeness (QED) is 0.371. The van der Waals surface area contributed by atoms with Gasteiger partial charge in [-0.2, -0.15) is 0 Å². The number of nitrogens with one attached hydrogen (secondary N) is 1. The largest absolute Gasteiger partial charge is 0.414 e. The summed E-state index contributed by atoms with van der Waals surface area (Å²) >= 11 is 0.